The third-order valence-electron chi connectivity index (χ3n) is 3.42. The van der Waals surface area contributed by atoms with E-state index in [0.29, 0.717) is 0 Å². The van der Waals surface area contributed by atoms with Gasteiger partial charge in [0.2, 0.25) is 0 Å². The largest absolute Gasteiger partial charge is 0.367 e. The molecule has 98 valence electrons. The number of para-hydroxylation sites is 1. The zero-order chi connectivity index (χ0) is 12.9. The normalized spacial score (nSPS) is 11.2. The molecule has 0 saturated carbocycles. The molecule has 3 nitrogen and oxygen atoms in total. The van der Waals surface area contributed by atoms with Gasteiger partial charge in [0, 0.05) is 37.2 Å². The summed E-state index contributed by atoms with van der Waals surface area (Å²) >= 11 is 0. The molecule has 19 heavy (non-hydrogen) atoms. The maximum atomic E-state index is 3.46. The maximum absolute atomic E-state index is 3.46. The minimum atomic E-state index is 0.940. The van der Waals surface area contributed by atoms with Crippen molar-refractivity contribution in [2.75, 3.05) is 6.54 Å². The first-order valence-corrected chi connectivity index (χ1v) is 6.80. The molecule has 0 aliphatic heterocycles. The summed E-state index contributed by atoms with van der Waals surface area (Å²) in [4.78, 5) is 3.07. The van der Waals surface area contributed by atoms with Gasteiger partial charge in [-0.05, 0) is 42.1 Å². The first kappa shape index (κ1) is 12.1. The van der Waals surface area contributed by atoms with Gasteiger partial charge in [-0.1, -0.05) is 18.2 Å². The van der Waals surface area contributed by atoms with Crippen molar-refractivity contribution in [3.63, 3.8) is 0 Å². The third-order valence-corrected chi connectivity index (χ3v) is 3.42. The summed E-state index contributed by atoms with van der Waals surface area (Å²) in [5.41, 5.74) is 2.64. The summed E-state index contributed by atoms with van der Waals surface area (Å²) in [7, 11) is 0. The number of aryl methyl sites for hydroxylation is 1. The summed E-state index contributed by atoms with van der Waals surface area (Å²) in [6.07, 6.45) is 7.31. The quantitative estimate of drug-likeness (QED) is 0.650. The Balaban J connectivity index is 1.47. The van der Waals surface area contributed by atoms with Gasteiger partial charge in [0.05, 0.1) is 0 Å². The van der Waals surface area contributed by atoms with Crippen LogP contribution < -0.4 is 5.32 Å². The molecule has 0 spiro atoms. The highest BCUT2D eigenvalue weighted by Crippen LogP contribution is 2.15. The van der Waals surface area contributed by atoms with Crippen molar-refractivity contribution in [1.82, 2.24) is 14.9 Å². The number of hydrogen-bond donors (Lipinski definition) is 2. The van der Waals surface area contributed by atoms with Crippen molar-refractivity contribution >= 4 is 10.9 Å². The van der Waals surface area contributed by atoms with Crippen molar-refractivity contribution in [2.45, 2.75) is 19.5 Å². The predicted molar refractivity (Wildman–Crippen MR) is 79.1 cm³/mol. The Hall–Kier alpha value is -2.00. The Labute approximate surface area is 113 Å². The Morgan fingerprint density at radius 3 is 2.95 bits per heavy atom. The molecule has 0 atom stereocenters. The van der Waals surface area contributed by atoms with Crippen LogP contribution in [0.1, 0.15) is 12.0 Å². The lowest BCUT2D eigenvalue weighted by Crippen LogP contribution is -2.16. The molecule has 0 unspecified atom stereocenters. The molecule has 0 aliphatic carbocycles. The van der Waals surface area contributed by atoms with E-state index in [0.717, 1.165) is 26.1 Å². The van der Waals surface area contributed by atoms with Crippen LogP contribution in [0.5, 0.6) is 0 Å². The van der Waals surface area contributed by atoms with Gasteiger partial charge in [-0.25, -0.2) is 0 Å². The highest BCUT2D eigenvalue weighted by atomic mass is 15.0. The molecular weight excluding hydrogens is 234 g/mol. The number of fused-ring (bicyclic) bond motifs is 1. The van der Waals surface area contributed by atoms with Gasteiger partial charge in [-0.2, -0.15) is 0 Å². The Morgan fingerprint density at radius 1 is 1.11 bits per heavy atom. The molecule has 3 heteroatoms. The first-order chi connectivity index (χ1) is 9.43. The number of hydrogen-bond acceptors (Lipinski definition) is 1. The van der Waals surface area contributed by atoms with Gasteiger partial charge in [0.15, 0.2) is 0 Å². The monoisotopic (exact) mass is 253 g/mol. The van der Waals surface area contributed by atoms with Gasteiger partial charge in [-0.15, -0.1) is 0 Å². The van der Waals surface area contributed by atoms with E-state index in [9.17, 15) is 0 Å². The molecule has 2 heterocycles. The average molecular weight is 253 g/mol. The zero-order valence-corrected chi connectivity index (χ0v) is 11.0. The van der Waals surface area contributed by atoms with Crippen molar-refractivity contribution < 1.29 is 0 Å². The number of benzene rings is 1. The summed E-state index contributed by atoms with van der Waals surface area (Å²) < 4.78 is 2.33. The van der Waals surface area contributed by atoms with Crippen molar-refractivity contribution in [3.05, 3.63) is 60.6 Å². The predicted octanol–water partition coefficient (Wildman–Crippen LogP) is 3.15. The Kier molecular flexibility index (Phi) is 3.65. The van der Waals surface area contributed by atoms with Crippen molar-refractivity contribution in [2.24, 2.45) is 0 Å². The molecule has 0 saturated heterocycles. The summed E-state index contributed by atoms with van der Waals surface area (Å²) in [6.45, 7) is 3.04. The molecule has 2 N–H and O–H groups in total. The number of nitrogens with zero attached hydrogens (tertiary/aromatic N) is 1. The standard InChI is InChI=1S/C16H19N3/c1-2-5-16-15(4-1)7-11-19(16)10-3-8-17-12-14-6-9-18-13-14/h1-2,4-7,9,11,13,17-18H,3,8,10,12H2. The van der Waals surface area contributed by atoms with Crippen LogP contribution in [0.3, 0.4) is 0 Å². The number of nitrogens with one attached hydrogen (secondary N) is 2. The van der Waals surface area contributed by atoms with E-state index < -0.39 is 0 Å². The Bertz CT molecular complexity index is 622. The second kappa shape index (κ2) is 5.76. The van der Waals surface area contributed by atoms with Gasteiger partial charge in [0.1, 0.15) is 0 Å². The molecule has 0 radical (unpaired) electrons. The van der Waals surface area contributed by atoms with Gasteiger partial charge >= 0.3 is 0 Å². The van der Waals surface area contributed by atoms with E-state index in [1.54, 1.807) is 0 Å². The summed E-state index contributed by atoms with van der Waals surface area (Å²) in [5.74, 6) is 0. The fraction of sp³-hybridized carbons (Fsp3) is 0.250. The number of aromatic amines is 1. The van der Waals surface area contributed by atoms with Crippen LogP contribution >= 0.6 is 0 Å². The highest BCUT2D eigenvalue weighted by molar-refractivity contribution is 5.79. The highest BCUT2D eigenvalue weighted by Gasteiger charge is 1.99. The van der Waals surface area contributed by atoms with E-state index in [-0.39, 0.29) is 0 Å². The van der Waals surface area contributed by atoms with Crippen LogP contribution in [0, 0.1) is 0 Å². The van der Waals surface area contributed by atoms with Gasteiger partial charge in [-0.3, -0.25) is 0 Å². The van der Waals surface area contributed by atoms with Crippen LogP contribution in [0.2, 0.25) is 0 Å². The van der Waals surface area contributed by atoms with E-state index in [2.05, 4.69) is 57.5 Å². The van der Waals surface area contributed by atoms with Crippen molar-refractivity contribution in [1.29, 1.82) is 0 Å². The minimum absolute atomic E-state index is 0.940. The summed E-state index contributed by atoms with van der Waals surface area (Å²) in [5, 5.41) is 4.79. The lowest BCUT2D eigenvalue weighted by Gasteiger charge is -2.06. The SMILES string of the molecule is c1ccc2c(c1)ccn2CCCNCc1cc[nH]c1. The second-order valence-corrected chi connectivity index (χ2v) is 4.82. The number of aromatic nitrogens is 2. The molecule has 0 aliphatic rings. The number of H-pyrrole nitrogens is 1. The zero-order valence-electron chi connectivity index (χ0n) is 11.0. The van der Waals surface area contributed by atoms with Crippen molar-refractivity contribution in [3.8, 4) is 0 Å². The first-order valence-electron chi connectivity index (χ1n) is 6.80. The van der Waals surface area contributed by atoms with Crippen LogP contribution in [-0.4, -0.2) is 16.1 Å². The fourth-order valence-corrected chi connectivity index (χ4v) is 2.41. The van der Waals surface area contributed by atoms with E-state index >= 15 is 0 Å². The van der Waals surface area contributed by atoms with E-state index in [1.165, 1.54) is 16.5 Å². The number of rotatable bonds is 6. The van der Waals surface area contributed by atoms with Gasteiger partial charge < -0.3 is 14.9 Å². The lowest BCUT2D eigenvalue weighted by molar-refractivity contribution is 0.591. The minimum Gasteiger partial charge on any atom is -0.367 e. The maximum Gasteiger partial charge on any atom is 0.0480 e. The molecule has 2 aromatic heterocycles. The third kappa shape index (κ3) is 2.88. The molecule has 1 aromatic carbocycles. The van der Waals surface area contributed by atoms with Crippen LogP contribution in [0.15, 0.2) is 55.0 Å². The molecule has 0 bridgehead atoms. The molecular formula is C16H19N3. The molecule has 0 amide bonds. The fourth-order valence-electron chi connectivity index (χ4n) is 2.41. The van der Waals surface area contributed by atoms with Crippen LogP contribution in [-0.2, 0) is 13.1 Å². The molecule has 0 fully saturated rings. The second-order valence-electron chi connectivity index (χ2n) is 4.82. The Morgan fingerprint density at radius 2 is 2.05 bits per heavy atom. The average Bonchev–Trinajstić information content (AvgIpc) is 3.08. The molecule has 3 rings (SSSR count). The van der Waals surface area contributed by atoms with Gasteiger partial charge in [0.25, 0.3) is 0 Å². The summed E-state index contributed by atoms with van der Waals surface area (Å²) in [6, 6.07) is 12.8. The molecule has 3 aromatic rings. The topological polar surface area (TPSA) is 32.8 Å². The lowest BCUT2D eigenvalue weighted by atomic mass is 10.2. The van der Waals surface area contributed by atoms with Crippen LogP contribution in [0.25, 0.3) is 10.9 Å². The van der Waals surface area contributed by atoms with Crippen LogP contribution in [0.4, 0.5) is 0 Å². The smallest absolute Gasteiger partial charge is 0.0480 e. The van der Waals surface area contributed by atoms with E-state index in [1.807, 2.05) is 12.4 Å². The van der Waals surface area contributed by atoms with E-state index in [4.69, 9.17) is 0 Å².